The smallest absolute Gasteiger partial charge is 0.159 e. The molecule has 1 aromatic carbocycles. The summed E-state index contributed by atoms with van der Waals surface area (Å²) >= 11 is 1.34. The second kappa shape index (κ2) is 6.85. The molecule has 2 aromatic rings. The van der Waals surface area contributed by atoms with Crippen molar-refractivity contribution in [3.8, 4) is 0 Å². The van der Waals surface area contributed by atoms with Crippen LogP contribution in [0.4, 0.5) is 8.78 Å². The monoisotopic (exact) mass is 297 g/mol. The van der Waals surface area contributed by atoms with Crippen molar-refractivity contribution >= 4 is 11.5 Å². The summed E-state index contributed by atoms with van der Waals surface area (Å²) in [4.78, 5) is 1.04. The fourth-order valence-corrected chi connectivity index (χ4v) is 2.75. The third kappa shape index (κ3) is 3.58. The quantitative estimate of drug-likeness (QED) is 0.888. The molecule has 20 heavy (non-hydrogen) atoms. The average Bonchev–Trinajstić information content (AvgIpc) is 2.85. The van der Waals surface area contributed by atoms with Gasteiger partial charge in [0.2, 0.25) is 0 Å². The van der Waals surface area contributed by atoms with Gasteiger partial charge in [-0.25, -0.2) is 8.78 Å². The van der Waals surface area contributed by atoms with Gasteiger partial charge >= 0.3 is 0 Å². The van der Waals surface area contributed by atoms with Crippen LogP contribution in [0, 0.1) is 18.6 Å². The number of aryl methyl sites for hydroxylation is 1. The molecule has 0 aliphatic rings. The zero-order valence-corrected chi connectivity index (χ0v) is 12.3. The van der Waals surface area contributed by atoms with Gasteiger partial charge in [0.15, 0.2) is 11.6 Å². The van der Waals surface area contributed by atoms with Crippen molar-refractivity contribution in [1.29, 1.82) is 0 Å². The molecule has 1 unspecified atom stereocenters. The number of hydrogen-bond acceptors (Lipinski definition) is 4. The van der Waals surface area contributed by atoms with Crippen LogP contribution in [0.5, 0.6) is 0 Å². The lowest BCUT2D eigenvalue weighted by Crippen LogP contribution is -2.24. The van der Waals surface area contributed by atoms with Crippen molar-refractivity contribution in [2.24, 2.45) is 0 Å². The first-order valence-corrected chi connectivity index (χ1v) is 7.35. The maximum absolute atomic E-state index is 13.3. The zero-order chi connectivity index (χ0) is 14.5. The lowest BCUT2D eigenvalue weighted by molar-refractivity contribution is 0.501. The molecule has 0 aliphatic heterocycles. The first-order valence-electron chi connectivity index (χ1n) is 6.58. The van der Waals surface area contributed by atoms with Crippen molar-refractivity contribution in [1.82, 2.24) is 14.9 Å². The fraction of sp³-hybridized carbons (Fsp3) is 0.429. The van der Waals surface area contributed by atoms with Crippen LogP contribution in [-0.4, -0.2) is 16.1 Å². The second-order valence-electron chi connectivity index (χ2n) is 4.68. The summed E-state index contributed by atoms with van der Waals surface area (Å²) in [6.07, 6.45) is 1.58. The van der Waals surface area contributed by atoms with Crippen LogP contribution in [0.25, 0.3) is 0 Å². The molecule has 6 heteroatoms. The van der Waals surface area contributed by atoms with Gasteiger partial charge in [0, 0.05) is 6.04 Å². The molecule has 1 N–H and O–H groups in total. The zero-order valence-electron chi connectivity index (χ0n) is 11.5. The molecule has 2 rings (SSSR count). The van der Waals surface area contributed by atoms with E-state index in [1.165, 1.54) is 23.7 Å². The Morgan fingerprint density at radius 1 is 1.30 bits per heavy atom. The molecule has 1 heterocycles. The maximum atomic E-state index is 13.3. The van der Waals surface area contributed by atoms with E-state index in [0.29, 0.717) is 6.42 Å². The van der Waals surface area contributed by atoms with Gasteiger partial charge in [0.05, 0.1) is 10.6 Å². The Bertz CT molecular complexity index is 571. The number of rotatable bonds is 6. The highest BCUT2D eigenvalue weighted by molar-refractivity contribution is 7.05. The van der Waals surface area contributed by atoms with E-state index >= 15 is 0 Å². The molecule has 0 bridgehead atoms. The Kier molecular flexibility index (Phi) is 5.14. The van der Waals surface area contributed by atoms with E-state index in [1.54, 1.807) is 6.07 Å². The number of hydrogen-bond donors (Lipinski definition) is 1. The summed E-state index contributed by atoms with van der Waals surface area (Å²) in [7, 11) is 0. The topological polar surface area (TPSA) is 37.8 Å². The Balaban J connectivity index is 2.19. The van der Waals surface area contributed by atoms with Crippen LogP contribution < -0.4 is 5.32 Å². The molecule has 0 saturated heterocycles. The summed E-state index contributed by atoms with van der Waals surface area (Å²) in [5.41, 5.74) is 1.64. The predicted molar refractivity (Wildman–Crippen MR) is 75.7 cm³/mol. The highest BCUT2D eigenvalue weighted by atomic mass is 32.1. The average molecular weight is 297 g/mol. The van der Waals surface area contributed by atoms with Gasteiger partial charge in [-0.3, -0.25) is 0 Å². The van der Waals surface area contributed by atoms with E-state index < -0.39 is 11.6 Å². The van der Waals surface area contributed by atoms with Crippen molar-refractivity contribution in [3.63, 3.8) is 0 Å². The third-order valence-corrected chi connectivity index (χ3v) is 4.01. The summed E-state index contributed by atoms with van der Waals surface area (Å²) in [5, 5.41) is 7.42. The van der Waals surface area contributed by atoms with Crippen LogP contribution in [0.15, 0.2) is 18.2 Å². The highest BCUT2D eigenvalue weighted by Gasteiger charge is 2.18. The lowest BCUT2D eigenvalue weighted by Gasteiger charge is -2.17. The minimum atomic E-state index is -0.817. The first-order chi connectivity index (χ1) is 9.61. The van der Waals surface area contributed by atoms with Crippen LogP contribution in [0.1, 0.15) is 35.5 Å². The van der Waals surface area contributed by atoms with Gasteiger partial charge in [-0.05, 0) is 55.5 Å². The molecule has 0 fully saturated rings. The van der Waals surface area contributed by atoms with Crippen LogP contribution in [0.2, 0.25) is 0 Å². The molecular formula is C14H17F2N3S. The minimum absolute atomic E-state index is 0.0276. The number of nitrogens with one attached hydrogen (secondary N) is 1. The molecule has 1 aromatic heterocycles. The van der Waals surface area contributed by atoms with E-state index in [9.17, 15) is 8.78 Å². The molecule has 0 amide bonds. The highest BCUT2D eigenvalue weighted by Crippen LogP contribution is 2.24. The van der Waals surface area contributed by atoms with Crippen LogP contribution in [-0.2, 0) is 6.42 Å². The number of aromatic nitrogens is 2. The Labute approximate surface area is 121 Å². The van der Waals surface area contributed by atoms with E-state index in [-0.39, 0.29) is 6.04 Å². The second-order valence-corrected chi connectivity index (χ2v) is 5.47. The molecular weight excluding hydrogens is 280 g/mol. The Morgan fingerprint density at radius 2 is 2.10 bits per heavy atom. The molecule has 0 saturated carbocycles. The largest absolute Gasteiger partial charge is 0.309 e. The molecule has 1 atom stereocenters. The van der Waals surface area contributed by atoms with Crippen LogP contribution >= 0.6 is 11.5 Å². The van der Waals surface area contributed by atoms with Gasteiger partial charge in [-0.2, -0.15) is 0 Å². The van der Waals surface area contributed by atoms with Gasteiger partial charge in [-0.15, -0.1) is 5.10 Å². The minimum Gasteiger partial charge on any atom is -0.309 e. The number of halogens is 2. The molecule has 108 valence electrons. The number of nitrogens with zero attached hydrogens (tertiary/aromatic N) is 2. The SMILES string of the molecule is CCCNC(Cc1ccc(F)c(F)c1)c1snnc1C. The summed E-state index contributed by atoms with van der Waals surface area (Å²) in [6.45, 7) is 4.84. The van der Waals surface area contributed by atoms with E-state index in [4.69, 9.17) is 0 Å². The standard InChI is InChI=1S/C14H17F2N3S/c1-3-6-17-13(14-9(2)18-19-20-14)8-10-4-5-11(15)12(16)7-10/h4-5,7,13,17H,3,6,8H2,1-2H3. The van der Waals surface area contributed by atoms with Crippen molar-refractivity contribution < 1.29 is 8.78 Å². The third-order valence-electron chi connectivity index (χ3n) is 3.07. The molecule has 3 nitrogen and oxygen atoms in total. The Morgan fingerprint density at radius 3 is 2.70 bits per heavy atom. The van der Waals surface area contributed by atoms with Crippen molar-refractivity contribution in [2.45, 2.75) is 32.7 Å². The number of benzene rings is 1. The first kappa shape index (κ1) is 15.0. The summed E-state index contributed by atoms with van der Waals surface area (Å²) < 4.78 is 30.2. The summed E-state index contributed by atoms with van der Waals surface area (Å²) in [5.74, 6) is -1.63. The maximum Gasteiger partial charge on any atom is 0.159 e. The van der Waals surface area contributed by atoms with Crippen LogP contribution in [0.3, 0.4) is 0 Å². The van der Waals surface area contributed by atoms with Crippen molar-refractivity contribution in [3.05, 3.63) is 46.0 Å². The van der Waals surface area contributed by atoms with Gasteiger partial charge < -0.3 is 5.32 Å². The molecule has 0 radical (unpaired) electrons. The molecule has 0 spiro atoms. The normalized spacial score (nSPS) is 12.6. The van der Waals surface area contributed by atoms with Gasteiger partial charge in [0.1, 0.15) is 0 Å². The Hall–Kier alpha value is -1.40. The van der Waals surface area contributed by atoms with Crippen molar-refractivity contribution in [2.75, 3.05) is 6.54 Å². The predicted octanol–water partition coefficient (Wildman–Crippen LogP) is 3.41. The fourth-order valence-electron chi connectivity index (χ4n) is 2.04. The summed E-state index contributed by atoms with van der Waals surface area (Å²) in [6, 6.07) is 4.06. The van der Waals surface area contributed by atoms with Gasteiger partial charge in [-0.1, -0.05) is 17.5 Å². The van der Waals surface area contributed by atoms with Gasteiger partial charge in [0.25, 0.3) is 0 Å². The van der Waals surface area contributed by atoms with E-state index in [1.807, 2.05) is 6.92 Å². The van der Waals surface area contributed by atoms with E-state index in [0.717, 1.165) is 29.1 Å². The lowest BCUT2D eigenvalue weighted by atomic mass is 10.0. The van der Waals surface area contributed by atoms with E-state index in [2.05, 4.69) is 21.8 Å². The molecule has 0 aliphatic carbocycles.